The van der Waals surface area contributed by atoms with E-state index in [1.807, 2.05) is 0 Å². The Morgan fingerprint density at radius 3 is 3.00 bits per heavy atom. The van der Waals surface area contributed by atoms with Gasteiger partial charge in [-0.15, -0.1) is 5.10 Å². The Balaban J connectivity index is 1.76. The Morgan fingerprint density at radius 2 is 2.36 bits per heavy atom. The Morgan fingerprint density at radius 1 is 1.57 bits per heavy atom. The summed E-state index contributed by atoms with van der Waals surface area (Å²) in [7, 11) is 0. The summed E-state index contributed by atoms with van der Waals surface area (Å²) in [6.45, 7) is 1.98. The quantitative estimate of drug-likeness (QED) is 0.740. The average Bonchev–Trinajstić information content (AvgIpc) is 2.63. The lowest BCUT2D eigenvalue weighted by atomic mass is 10.2. The van der Waals surface area contributed by atoms with E-state index in [9.17, 15) is 0 Å². The Kier molecular flexibility index (Phi) is 2.95. The van der Waals surface area contributed by atoms with Crippen molar-refractivity contribution in [3.8, 4) is 0 Å². The van der Waals surface area contributed by atoms with Crippen LogP contribution < -0.4 is 5.73 Å². The van der Waals surface area contributed by atoms with Crippen molar-refractivity contribution in [1.82, 2.24) is 15.0 Å². The molecule has 6 heteroatoms. The monoisotopic (exact) mass is 198 g/mol. The van der Waals surface area contributed by atoms with Gasteiger partial charge in [0, 0.05) is 13.2 Å². The standard InChI is InChI=1S/C8H14N4O2/c9-8-5-12(11-10-8)6-14-7-1-3-13-4-2-7/h5,7H,1-4,6,9H2. The first-order chi connectivity index (χ1) is 6.84. The SMILES string of the molecule is Nc1cn(COC2CCOCC2)nn1. The van der Waals surface area contributed by atoms with E-state index in [4.69, 9.17) is 15.2 Å². The molecule has 1 aliphatic heterocycles. The lowest BCUT2D eigenvalue weighted by Gasteiger charge is -2.21. The average molecular weight is 198 g/mol. The topological polar surface area (TPSA) is 75.2 Å². The van der Waals surface area contributed by atoms with Crippen molar-refractivity contribution < 1.29 is 9.47 Å². The third-order valence-corrected chi connectivity index (χ3v) is 2.17. The van der Waals surface area contributed by atoms with E-state index >= 15 is 0 Å². The van der Waals surface area contributed by atoms with Crippen LogP contribution in [-0.4, -0.2) is 34.3 Å². The molecular formula is C8H14N4O2. The summed E-state index contributed by atoms with van der Waals surface area (Å²) in [4.78, 5) is 0. The van der Waals surface area contributed by atoms with Gasteiger partial charge in [0.1, 0.15) is 6.73 Å². The molecule has 78 valence electrons. The number of hydrogen-bond acceptors (Lipinski definition) is 5. The van der Waals surface area contributed by atoms with Gasteiger partial charge in [0.05, 0.1) is 12.3 Å². The second-order valence-corrected chi connectivity index (χ2v) is 3.29. The van der Waals surface area contributed by atoms with Crippen LogP contribution in [-0.2, 0) is 16.2 Å². The molecule has 0 aliphatic carbocycles. The van der Waals surface area contributed by atoms with Gasteiger partial charge in [0.2, 0.25) is 0 Å². The van der Waals surface area contributed by atoms with Gasteiger partial charge < -0.3 is 15.2 Å². The zero-order valence-electron chi connectivity index (χ0n) is 7.93. The first kappa shape index (κ1) is 9.42. The predicted octanol–water partition coefficient (Wildman–Crippen LogP) is 0.0134. The minimum Gasteiger partial charge on any atom is -0.381 e. The second-order valence-electron chi connectivity index (χ2n) is 3.29. The van der Waals surface area contributed by atoms with Crippen LogP contribution in [0.2, 0.25) is 0 Å². The molecule has 14 heavy (non-hydrogen) atoms. The fourth-order valence-corrected chi connectivity index (χ4v) is 1.40. The van der Waals surface area contributed by atoms with Crippen LogP contribution in [0, 0.1) is 0 Å². The normalized spacial score (nSPS) is 18.6. The maximum absolute atomic E-state index is 5.61. The van der Waals surface area contributed by atoms with Crippen LogP contribution in [0.1, 0.15) is 12.8 Å². The van der Waals surface area contributed by atoms with Gasteiger partial charge in [-0.2, -0.15) is 0 Å². The third kappa shape index (κ3) is 2.43. The summed E-state index contributed by atoms with van der Waals surface area (Å²) < 4.78 is 12.4. The molecule has 0 amide bonds. The summed E-state index contributed by atoms with van der Waals surface area (Å²) in [5.41, 5.74) is 5.42. The molecule has 2 heterocycles. The predicted molar refractivity (Wildman–Crippen MR) is 49.4 cm³/mol. The van der Waals surface area contributed by atoms with Gasteiger partial charge in [-0.3, -0.25) is 0 Å². The fraction of sp³-hybridized carbons (Fsp3) is 0.750. The second kappa shape index (κ2) is 4.39. The summed E-state index contributed by atoms with van der Waals surface area (Å²) in [6.07, 6.45) is 3.82. The van der Waals surface area contributed by atoms with Crippen molar-refractivity contribution in [2.45, 2.75) is 25.7 Å². The summed E-state index contributed by atoms with van der Waals surface area (Å²) in [5, 5.41) is 7.45. The molecule has 0 bridgehead atoms. The Hall–Kier alpha value is -1.14. The largest absolute Gasteiger partial charge is 0.381 e. The summed E-state index contributed by atoms with van der Waals surface area (Å²) >= 11 is 0. The van der Waals surface area contributed by atoms with Gasteiger partial charge in [-0.25, -0.2) is 4.68 Å². The van der Waals surface area contributed by atoms with Crippen molar-refractivity contribution >= 4 is 5.82 Å². The fourth-order valence-electron chi connectivity index (χ4n) is 1.40. The molecule has 1 saturated heterocycles. The molecule has 0 spiro atoms. The van der Waals surface area contributed by atoms with Crippen LogP contribution in [0.5, 0.6) is 0 Å². The van der Waals surface area contributed by atoms with Crippen LogP contribution in [0.25, 0.3) is 0 Å². The highest BCUT2D eigenvalue weighted by Crippen LogP contribution is 2.10. The number of rotatable bonds is 3. The maximum Gasteiger partial charge on any atom is 0.166 e. The third-order valence-electron chi connectivity index (χ3n) is 2.17. The Bertz CT molecular complexity index is 283. The summed E-state index contributed by atoms with van der Waals surface area (Å²) in [6, 6.07) is 0. The van der Waals surface area contributed by atoms with Crippen LogP contribution in [0.3, 0.4) is 0 Å². The van der Waals surface area contributed by atoms with Gasteiger partial charge >= 0.3 is 0 Å². The number of nitrogens with two attached hydrogens (primary N) is 1. The zero-order valence-corrected chi connectivity index (χ0v) is 7.93. The van der Waals surface area contributed by atoms with E-state index in [-0.39, 0.29) is 6.10 Å². The van der Waals surface area contributed by atoms with Crippen molar-refractivity contribution in [1.29, 1.82) is 0 Å². The van der Waals surface area contributed by atoms with Crippen molar-refractivity contribution in [3.05, 3.63) is 6.20 Å². The number of anilines is 1. The van der Waals surface area contributed by atoms with Gasteiger partial charge in [-0.05, 0) is 12.8 Å². The molecular weight excluding hydrogens is 184 g/mol. The number of aromatic nitrogens is 3. The first-order valence-corrected chi connectivity index (χ1v) is 4.69. The first-order valence-electron chi connectivity index (χ1n) is 4.69. The molecule has 0 radical (unpaired) electrons. The molecule has 0 saturated carbocycles. The van der Waals surface area contributed by atoms with Crippen LogP contribution in [0.15, 0.2) is 6.20 Å². The molecule has 1 fully saturated rings. The number of hydrogen-bond donors (Lipinski definition) is 1. The van der Waals surface area contributed by atoms with Gasteiger partial charge in [0.25, 0.3) is 0 Å². The molecule has 2 N–H and O–H groups in total. The maximum atomic E-state index is 5.61. The van der Waals surface area contributed by atoms with Crippen LogP contribution in [0.4, 0.5) is 5.82 Å². The number of nitrogen functional groups attached to an aromatic ring is 1. The van der Waals surface area contributed by atoms with Gasteiger partial charge in [-0.1, -0.05) is 5.21 Å². The van der Waals surface area contributed by atoms with Crippen molar-refractivity contribution in [2.24, 2.45) is 0 Å². The molecule has 0 aromatic carbocycles. The minimum absolute atomic E-state index is 0.272. The lowest BCUT2D eigenvalue weighted by Crippen LogP contribution is -2.24. The van der Waals surface area contributed by atoms with Crippen molar-refractivity contribution in [2.75, 3.05) is 18.9 Å². The highest BCUT2D eigenvalue weighted by molar-refractivity contribution is 5.19. The molecule has 0 atom stereocenters. The zero-order chi connectivity index (χ0) is 9.80. The Labute approximate surface area is 82.0 Å². The summed E-state index contributed by atoms with van der Waals surface area (Å²) in [5.74, 6) is 0.417. The van der Waals surface area contributed by atoms with E-state index in [2.05, 4.69) is 10.3 Å². The molecule has 0 unspecified atom stereocenters. The molecule has 1 aromatic rings. The molecule has 1 aliphatic rings. The van der Waals surface area contributed by atoms with E-state index in [1.165, 1.54) is 0 Å². The molecule has 1 aromatic heterocycles. The highest BCUT2D eigenvalue weighted by atomic mass is 16.5. The van der Waals surface area contributed by atoms with Gasteiger partial charge in [0.15, 0.2) is 5.82 Å². The number of nitrogens with zero attached hydrogens (tertiary/aromatic N) is 3. The highest BCUT2D eigenvalue weighted by Gasteiger charge is 2.14. The minimum atomic E-state index is 0.272. The molecule has 6 nitrogen and oxygen atoms in total. The van der Waals surface area contributed by atoms with Crippen LogP contribution >= 0.6 is 0 Å². The lowest BCUT2D eigenvalue weighted by molar-refractivity contribution is -0.0603. The van der Waals surface area contributed by atoms with E-state index in [1.54, 1.807) is 10.9 Å². The van der Waals surface area contributed by atoms with E-state index in [0.29, 0.717) is 12.5 Å². The number of ether oxygens (including phenoxy) is 2. The molecule has 2 rings (SSSR count). The van der Waals surface area contributed by atoms with E-state index < -0.39 is 0 Å². The van der Waals surface area contributed by atoms with Crippen molar-refractivity contribution in [3.63, 3.8) is 0 Å². The smallest absolute Gasteiger partial charge is 0.166 e. The van der Waals surface area contributed by atoms with E-state index in [0.717, 1.165) is 26.1 Å².